The maximum Gasteiger partial charge on any atom is 0.306 e. The van der Waals surface area contributed by atoms with Crippen molar-refractivity contribution in [2.45, 2.75) is 52.6 Å². The minimum absolute atomic E-state index is 0.00710. The van der Waals surface area contributed by atoms with Gasteiger partial charge in [0.15, 0.2) is 17.3 Å². The highest BCUT2D eigenvalue weighted by Gasteiger charge is 2.31. The molecule has 4 rings (SSSR count). The molecule has 0 bridgehead atoms. The number of anilines is 2. The molecule has 11 nitrogen and oxygen atoms in total. The average molecular weight is 482 g/mol. The van der Waals surface area contributed by atoms with Gasteiger partial charge < -0.3 is 19.9 Å². The molecule has 0 aliphatic heterocycles. The van der Waals surface area contributed by atoms with Crippen molar-refractivity contribution < 1.29 is 19.4 Å². The first kappa shape index (κ1) is 24.4. The van der Waals surface area contributed by atoms with E-state index in [2.05, 4.69) is 30.6 Å². The van der Waals surface area contributed by atoms with E-state index in [-0.39, 0.29) is 17.9 Å². The van der Waals surface area contributed by atoms with Crippen LogP contribution in [0.4, 0.5) is 11.6 Å². The van der Waals surface area contributed by atoms with Crippen LogP contribution in [-0.2, 0) is 11.8 Å². The van der Waals surface area contributed by atoms with Gasteiger partial charge in [-0.1, -0.05) is 18.1 Å². The van der Waals surface area contributed by atoms with Crippen LogP contribution in [0.1, 0.15) is 45.2 Å². The lowest BCUT2D eigenvalue weighted by atomic mass is 9.80. The topological polar surface area (TPSA) is 137 Å². The number of rotatable bonds is 9. The summed E-state index contributed by atoms with van der Waals surface area (Å²) < 4.78 is 13.2. The van der Waals surface area contributed by atoms with Gasteiger partial charge in [-0.25, -0.2) is 9.67 Å². The Morgan fingerprint density at radius 1 is 1.23 bits per heavy atom. The van der Waals surface area contributed by atoms with Gasteiger partial charge in [-0.05, 0) is 45.7 Å². The van der Waals surface area contributed by atoms with Crippen LogP contribution in [0.5, 0.6) is 11.6 Å². The van der Waals surface area contributed by atoms with Crippen LogP contribution < -0.4 is 14.8 Å². The number of aromatic nitrogens is 6. The van der Waals surface area contributed by atoms with Crippen LogP contribution in [0, 0.1) is 18.8 Å². The number of aryl methyl sites for hydroxylation is 2. The van der Waals surface area contributed by atoms with Crippen molar-refractivity contribution in [2.75, 3.05) is 11.9 Å². The third-order valence-corrected chi connectivity index (χ3v) is 6.00. The summed E-state index contributed by atoms with van der Waals surface area (Å²) in [6.07, 6.45) is 6.69. The standard InChI is InChI=1S/C24H31N7O4/c1-14(2)35-21-12-25-11-20(27-21)28-23-22(29-30-31(23)4)18-9-10-19(15(3)26-18)34-13-16-7-5-6-8-17(16)24(32)33/h9-12,14,16-17H,5-8,13H2,1-4H3,(H,27,28)(H,32,33)/t16-,17+/m1/s1. The molecule has 0 aromatic carbocycles. The van der Waals surface area contributed by atoms with Crippen molar-refractivity contribution in [3.05, 3.63) is 30.2 Å². The second-order valence-electron chi connectivity index (χ2n) is 9.02. The van der Waals surface area contributed by atoms with Gasteiger partial charge in [0.2, 0.25) is 5.88 Å². The van der Waals surface area contributed by atoms with Crippen LogP contribution in [0.2, 0.25) is 0 Å². The fraction of sp³-hybridized carbons (Fsp3) is 0.500. The van der Waals surface area contributed by atoms with Gasteiger partial charge in [-0.15, -0.1) is 5.10 Å². The molecule has 0 radical (unpaired) electrons. The minimum atomic E-state index is -0.739. The lowest BCUT2D eigenvalue weighted by Gasteiger charge is -2.28. The van der Waals surface area contributed by atoms with Crippen molar-refractivity contribution in [1.82, 2.24) is 29.9 Å². The molecule has 3 aromatic heterocycles. The van der Waals surface area contributed by atoms with Crippen LogP contribution in [-0.4, -0.2) is 53.7 Å². The number of nitrogens with zero attached hydrogens (tertiary/aromatic N) is 6. The van der Waals surface area contributed by atoms with Gasteiger partial charge in [0.1, 0.15) is 5.75 Å². The van der Waals surface area contributed by atoms with Crippen molar-refractivity contribution >= 4 is 17.6 Å². The third kappa shape index (κ3) is 5.84. The Morgan fingerprint density at radius 2 is 2.03 bits per heavy atom. The predicted molar refractivity (Wildman–Crippen MR) is 129 cm³/mol. The number of nitrogens with one attached hydrogen (secondary N) is 1. The summed E-state index contributed by atoms with van der Waals surface area (Å²) in [4.78, 5) is 24.9. The van der Waals surface area contributed by atoms with Gasteiger partial charge in [0, 0.05) is 13.0 Å². The lowest BCUT2D eigenvalue weighted by Crippen LogP contribution is -2.31. The molecule has 35 heavy (non-hydrogen) atoms. The molecule has 3 aromatic rings. The average Bonchev–Trinajstić information content (AvgIpc) is 3.18. The normalized spacial score (nSPS) is 17.9. The van der Waals surface area contributed by atoms with Crippen LogP contribution in [0.25, 0.3) is 11.4 Å². The molecule has 186 valence electrons. The highest BCUT2D eigenvalue weighted by atomic mass is 16.5. The molecule has 1 aliphatic carbocycles. The fourth-order valence-electron chi connectivity index (χ4n) is 4.26. The Kier molecular flexibility index (Phi) is 7.42. The Labute approximate surface area is 203 Å². The predicted octanol–water partition coefficient (Wildman–Crippen LogP) is 3.78. The SMILES string of the molecule is Cc1nc(-c2nnn(C)c2Nc2cncc(OC(C)C)n2)ccc1OC[C@H]1CCCC[C@@H]1C(=O)O. The van der Waals surface area contributed by atoms with Crippen LogP contribution in [0.3, 0.4) is 0 Å². The first-order valence-electron chi connectivity index (χ1n) is 11.8. The summed E-state index contributed by atoms with van der Waals surface area (Å²) in [5.74, 6) is 1.06. The third-order valence-electron chi connectivity index (χ3n) is 6.00. The highest BCUT2D eigenvalue weighted by molar-refractivity contribution is 5.72. The summed E-state index contributed by atoms with van der Waals surface area (Å²) in [7, 11) is 1.77. The first-order valence-corrected chi connectivity index (χ1v) is 11.8. The van der Waals surface area contributed by atoms with E-state index < -0.39 is 5.97 Å². The zero-order valence-corrected chi connectivity index (χ0v) is 20.4. The van der Waals surface area contributed by atoms with Crippen molar-refractivity contribution in [1.29, 1.82) is 0 Å². The molecule has 3 heterocycles. The largest absolute Gasteiger partial charge is 0.491 e. The van der Waals surface area contributed by atoms with E-state index in [9.17, 15) is 9.90 Å². The molecular formula is C24H31N7O4. The Balaban J connectivity index is 1.50. The minimum Gasteiger partial charge on any atom is -0.491 e. The smallest absolute Gasteiger partial charge is 0.306 e. The maximum absolute atomic E-state index is 11.6. The molecule has 0 saturated heterocycles. The zero-order valence-electron chi connectivity index (χ0n) is 20.4. The van der Waals surface area contributed by atoms with Crippen LogP contribution in [0.15, 0.2) is 24.5 Å². The summed E-state index contributed by atoms with van der Waals surface area (Å²) in [5, 5.41) is 21.1. The molecule has 2 N–H and O–H groups in total. The van der Waals surface area contributed by atoms with E-state index in [1.54, 1.807) is 24.1 Å². The Hall–Kier alpha value is -3.76. The molecule has 0 spiro atoms. The van der Waals surface area contributed by atoms with E-state index in [0.717, 1.165) is 19.3 Å². The zero-order chi connectivity index (χ0) is 24.9. The molecule has 1 fully saturated rings. The second-order valence-corrected chi connectivity index (χ2v) is 9.02. The molecule has 0 amide bonds. The summed E-state index contributed by atoms with van der Waals surface area (Å²) in [6.45, 7) is 6.07. The number of carboxylic acid groups (broad SMARTS) is 1. The van der Waals surface area contributed by atoms with Gasteiger partial charge >= 0.3 is 5.97 Å². The van der Waals surface area contributed by atoms with E-state index in [1.165, 1.54) is 0 Å². The number of aliphatic carboxylic acids is 1. The molecular weight excluding hydrogens is 450 g/mol. The van der Waals surface area contributed by atoms with E-state index in [4.69, 9.17) is 9.47 Å². The monoisotopic (exact) mass is 481 g/mol. The number of carbonyl (C=O) groups is 1. The Morgan fingerprint density at radius 3 is 2.77 bits per heavy atom. The number of ether oxygens (including phenoxy) is 2. The van der Waals surface area contributed by atoms with Gasteiger partial charge in [0.25, 0.3) is 0 Å². The van der Waals surface area contributed by atoms with Crippen molar-refractivity contribution in [2.24, 2.45) is 18.9 Å². The Bertz CT molecular complexity index is 1180. The quantitative estimate of drug-likeness (QED) is 0.464. The molecule has 11 heteroatoms. The van der Waals surface area contributed by atoms with Crippen molar-refractivity contribution in [3.8, 4) is 23.0 Å². The number of carboxylic acids is 1. The van der Waals surface area contributed by atoms with Crippen molar-refractivity contribution in [3.63, 3.8) is 0 Å². The number of hydrogen-bond donors (Lipinski definition) is 2. The molecule has 2 atom stereocenters. The molecule has 1 aliphatic rings. The number of pyridine rings is 1. The van der Waals surface area contributed by atoms with Gasteiger partial charge in [0.05, 0.1) is 42.4 Å². The fourth-order valence-corrected chi connectivity index (χ4v) is 4.26. The summed E-state index contributed by atoms with van der Waals surface area (Å²) in [5.41, 5.74) is 1.86. The second kappa shape index (κ2) is 10.7. The number of hydrogen-bond acceptors (Lipinski definition) is 9. The van der Waals surface area contributed by atoms with Gasteiger partial charge in [-0.3, -0.25) is 9.78 Å². The van der Waals surface area contributed by atoms with E-state index >= 15 is 0 Å². The first-order chi connectivity index (χ1) is 16.8. The summed E-state index contributed by atoms with van der Waals surface area (Å²) in [6, 6.07) is 3.66. The molecule has 1 saturated carbocycles. The highest BCUT2D eigenvalue weighted by Crippen LogP contribution is 2.32. The van der Waals surface area contributed by atoms with Crippen LogP contribution >= 0.6 is 0 Å². The van der Waals surface area contributed by atoms with E-state index in [0.29, 0.717) is 53.4 Å². The maximum atomic E-state index is 11.6. The van der Waals surface area contributed by atoms with E-state index in [1.807, 2.05) is 32.9 Å². The lowest BCUT2D eigenvalue weighted by molar-refractivity contribution is -0.145. The van der Waals surface area contributed by atoms with Gasteiger partial charge in [-0.2, -0.15) is 4.98 Å². The molecule has 0 unspecified atom stereocenters. The summed E-state index contributed by atoms with van der Waals surface area (Å²) >= 11 is 0.